The van der Waals surface area contributed by atoms with Gasteiger partial charge in [-0.2, -0.15) is 0 Å². The first-order valence-electron chi connectivity index (χ1n) is 11.3. The second kappa shape index (κ2) is 9.30. The van der Waals surface area contributed by atoms with Gasteiger partial charge in [0.05, 0.1) is 6.61 Å². The average Bonchev–Trinajstić information content (AvgIpc) is 3.10. The number of nitrogens with zero attached hydrogens (tertiary/aromatic N) is 4. The smallest absolute Gasteiger partial charge is 0.275 e. The van der Waals surface area contributed by atoms with E-state index in [4.69, 9.17) is 15.9 Å². The van der Waals surface area contributed by atoms with E-state index in [2.05, 4.69) is 15.3 Å². The fourth-order valence-corrected chi connectivity index (χ4v) is 4.41. The number of likely N-dealkylation sites (tertiary alicyclic amines) is 1. The van der Waals surface area contributed by atoms with Crippen LogP contribution in [0, 0.1) is 10.8 Å². The summed E-state index contributed by atoms with van der Waals surface area (Å²) in [6.45, 7) is 4.74. The topological polar surface area (TPSA) is 146 Å². The Morgan fingerprint density at radius 3 is 2.71 bits per heavy atom. The van der Waals surface area contributed by atoms with E-state index in [9.17, 15) is 9.59 Å². The molecule has 0 spiro atoms. The van der Waals surface area contributed by atoms with Crippen LogP contribution in [0.5, 0.6) is 0 Å². The highest BCUT2D eigenvalue weighted by Gasteiger charge is 2.38. The Balaban J connectivity index is 1.49. The van der Waals surface area contributed by atoms with Crippen LogP contribution in [0.15, 0.2) is 30.5 Å². The Labute approximate surface area is 198 Å². The number of hydrogen-bond donors (Lipinski definition) is 4. The van der Waals surface area contributed by atoms with Gasteiger partial charge >= 0.3 is 0 Å². The second-order valence-corrected chi connectivity index (χ2v) is 9.18. The van der Waals surface area contributed by atoms with E-state index < -0.39 is 5.91 Å². The van der Waals surface area contributed by atoms with Crippen LogP contribution < -0.4 is 5.32 Å². The van der Waals surface area contributed by atoms with E-state index in [1.54, 1.807) is 40.3 Å². The molecular weight excluding hydrogens is 434 g/mol. The van der Waals surface area contributed by atoms with Gasteiger partial charge in [-0.15, -0.1) is 0 Å². The zero-order valence-electron chi connectivity index (χ0n) is 19.4. The van der Waals surface area contributed by atoms with Gasteiger partial charge in [0.15, 0.2) is 5.84 Å². The Hall–Kier alpha value is -3.66. The number of aliphatic hydroxyl groups is 1. The number of aromatic nitrogens is 2. The fourth-order valence-electron chi connectivity index (χ4n) is 4.41. The number of rotatable bonds is 5. The Kier molecular flexibility index (Phi) is 6.43. The minimum Gasteiger partial charge on any atom is -0.396 e. The highest BCUT2D eigenvalue weighted by atomic mass is 16.3. The minimum absolute atomic E-state index is 0.0822. The number of amidine groups is 2. The molecule has 34 heavy (non-hydrogen) atoms. The molecule has 4 N–H and O–H groups in total. The van der Waals surface area contributed by atoms with Gasteiger partial charge in [0.2, 0.25) is 5.91 Å². The van der Waals surface area contributed by atoms with Crippen LogP contribution in [0.3, 0.4) is 0 Å². The van der Waals surface area contributed by atoms with Gasteiger partial charge in [-0.25, -0.2) is 4.98 Å². The number of carbonyl (C=O) groups excluding carboxylic acids is 2. The van der Waals surface area contributed by atoms with Crippen LogP contribution in [0.2, 0.25) is 0 Å². The van der Waals surface area contributed by atoms with Crippen LogP contribution in [0.4, 0.5) is 5.82 Å². The lowest BCUT2D eigenvalue weighted by Crippen LogP contribution is -2.45. The number of hydrogen-bond acceptors (Lipinski definition) is 7. The maximum absolute atomic E-state index is 12.9. The molecule has 0 aromatic carbocycles. The van der Waals surface area contributed by atoms with Gasteiger partial charge in [-0.1, -0.05) is 6.07 Å². The lowest BCUT2D eigenvalue weighted by Gasteiger charge is -2.32. The van der Waals surface area contributed by atoms with Crippen molar-refractivity contribution in [1.29, 1.82) is 10.8 Å². The molecule has 2 aromatic heterocycles. The van der Waals surface area contributed by atoms with Crippen molar-refractivity contribution in [2.75, 3.05) is 18.5 Å². The molecule has 0 unspecified atom stereocenters. The lowest BCUT2D eigenvalue weighted by atomic mass is 10.0. The monoisotopic (exact) mass is 463 g/mol. The highest BCUT2D eigenvalue weighted by molar-refractivity contribution is 6.08. The second-order valence-electron chi connectivity index (χ2n) is 9.18. The maximum Gasteiger partial charge on any atom is 0.275 e. The molecular formula is C24H29N7O3. The summed E-state index contributed by atoms with van der Waals surface area (Å²) in [6, 6.07) is 6.73. The SMILES string of the molecule is CC1(C)CCC(=N)N1C(=N)c1cccc(NC(=O)c2cc3c(cn2)CCN(C(=O)CCO)C3)n1. The van der Waals surface area contributed by atoms with E-state index >= 15 is 0 Å². The number of anilines is 1. The molecule has 10 heteroatoms. The van der Waals surface area contributed by atoms with Gasteiger partial charge < -0.3 is 20.2 Å². The predicted molar refractivity (Wildman–Crippen MR) is 127 cm³/mol. The van der Waals surface area contributed by atoms with Gasteiger partial charge in [0.25, 0.3) is 5.91 Å². The van der Waals surface area contributed by atoms with Gasteiger partial charge in [-0.3, -0.25) is 25.4 Å². The van der Waals surface area contributed by atoms with E-state index in [1.807, 2.05) is 13.8 Å². The molecule has 178 valence electrons. The third-order valence-electron chi connectivity index (χ3n) is 6.31. The summed E-state index contributed by atoms with van der Waals surface area (Å²) in [5.74, 6) is 0.245. The van der Waals surface area contributed by atoms with Crippen molar-refractivity contribution < 1.29 is 14.7 Å². The maximum atomic E-state index is 12.9. The molecule has 2 aliphatic rings. The van der Waals surface area contributed by atoms with Crippen molar-refractivity contribution >= 4 is 29.3 Å². The number of fused-ring (bicyclic) bond motifs is 1. The number of carbonyl (C=O) groups is 2. The Morgan fingerprint density at radius 1 is 1.21 bits per heavy atom. The summed E-state index contributed by atoms with van der Waals surface area (Å²) in [6.07, 6.45) is 3.79. The van der Waals surface area contributed by atoms with Gasteiger partial charge in [-0.05, 0) is 56.0 Å². The fraction of sp³-hybridized carbons (Fsp3) is 0.417. The molecule has 10 nitrogen and oxygen atoms in total. The van der Waals surface area contributed by atoms with Crippen molar-refractivity contribution in [2.24, 2.45) is 0 Å². The first-order valence-corrected chi connectivity index (χ1v) is 11.3. The number of pyridine rings is 2. The molecule has 0 bridgehead atoms. The molecule has 4 heterocycles. The first kappa shape index (κ1) is 23.5. The number of nitrogens with one attached hydrogen (secondary N) is 3. The summed E-state index contributed by atoms with van der Waals surface area (Å²) in [4.78, 5) is 37.1. The van der Waals surface area contributed by atoms with E-state index in [-0.39, 0.29) is 41.8 Å². The van der Waals surface area contributed by atoms with Crippen molar-refractivity contribution in [2.45, 2.75) is 51.6 Å². The van der Waals surface area contributed by atoms with Crippen molar-refractivity contribution in [3.63, 3.8) is 0 Å². The van der Waals surface area contributed by atoms with Gasteiger partial charge in [0, 0.05) is 37.7 Å². The molecule has 0 radical (unpaired) electrons. The molecule has 1 saturated heterocycles. The summed E-state index contributed by atoms with van der Waals surface area (Å²) in [5.41, 5.74) is 2.09. The van der Waals surface area contributed by atoms with Crippen molar-refractivity contribution in [3.8, 4) is 0 Å². The van der Waals surface area contributed by atoms with Crippen molar-refractivity contribution in [1.82, 2.24) is 19.8 Å². The van der Waals surface area contributed by atoms with Crippen LogP contribution >= 0.6 is 0 Å². The minimum atomic E-state index is -0.438. The largest absolute Gasteiger partial charge is 0.396 e. The van der Waals surface area contributed by atoms with Crippen LogP contribution in [0.25, 0.3) is 0 Å². The molecule has 2 aliphatic heterocycles. The number of aliphatic hydroxyl groups excluding tert-OH is 1. The molecule has 0 atom stereocenters. The van der Waals surface area contributed by atoms with E-state index in [0.717, 1.165) is 17.5 Å². The molecule has 4 rings (SSSR count). The van der Waals surface area contributed by atoms with Crippen molar-refractivity contribution in [3.05, 3.63) is 53.0 Å². The summed E-state index contributed by atoms with van der Waals surface area (Å²) in [7, 11) is 0. The molecule has 0 aliphatic carbocycles. The van der Waals surface area contributed by atoms with Crippen LogP contribution in [-0.4, -0.2) is 67.1 Å². The van der Waals surface area contributed by atoms with Gasteiger partial charge in [0.1, 0.15) is 23.0 Å². The Morgan fingerprint density at radius 2 is 2.00 bits per heavy atom. The van der Waals surface area contributed by atoms with Crippen LogP contribution in [0.1, 0.15) is 60.4 Å². The summed E-state index contributed by atoms with van der Waals surface area (Å²) >= 11 is 0. The molecule has 2 aromatic rings. The number of amides is 2. The van der Waals surface area contributed by atoms with E-state index in [0.29, 0.717) is 37.5 Å². The zero-order valence-corrected chi connectivity index (χ0v) is 19.4. The molecule has 0 saturated carbocycles. The Bertz CT molecular complexity index is 1160. The van der Waals surface area contributed by atoms with Crippen LogP contribution in [-0.2, 0) is 17.8 Å². The summed E-state index contributed by atoms with van der Waals surface area (Å²) in [5, 5.41) is 28.6. The standard InChI is InChI=1S/C24H29N7O3/c1-24(2)9-6-19(25)31(24)22(26)17-4-3-5-20(28-17)29-23(34)18-12-16-14-30(21(33)8-11-32)10-7-15(16)13-27-18/h3-5,12-13,25-26,32H,6-11,14H2,1-2H3,(H,28,29,34). The average molecular weight is 464 g/mol. The first-order chi connectivity index (χ1) is 16.2. The lowest BCUT2D eigenvalue weighted by molar-refractivity contribution is -0.132. The van der Waals surface area contributed by atoms with E-state index in [1.165, 1.54) is 0 Å². The zero-order chi connectivity index (χ0) is 24.5. The third-order valence-corrected chi connectivity index (χ3v) is 6.31. The molecule has 1 fully saturated rings. The normalized spacial score (nSPS) is 16.9. The highest BCUT2D eigenvalue weighted by Crippen LogP contribution is 2.31. The predicted octanol–water partition coefficient (Wildman–Crippen LogP) is 2.17. The summed E-state index contributed by atoms with van der Waals surface area (Å²) < 4.78 is 0. The third kappa shape index (κ3) is 4.67. The quantitative estimate of drug-likeness (QED) is 0.395. The molecule has 2 amide bonds.